The summed E-state index contributed by atoms with van der Waals surface area (Å²) in [4.78, 5) is 17.8. The largest absolute Gasteiger partial charge is 0.444 e. The number of likely N-dealkylation sites (N-methyl/N-ethyl adjacent to an activating group) is 1. The summed E-state index contributed by atoms with van der Waals surface area (Å²) in [7, 11) is 5.81. The van der Waals surface area contributed by atoms with Crippen LogP contribution >= 0.6 is 24.0 Å². The molecule has 0 radical (unpaired) electrons. The van der Waals surface area contributed by atoms with E-state index in [1.807, 2.05) is 34.9 Å². The molecule has 1 amide bonds. The van der Waals surface area contributed by atoms with Gasteiger partial charge in [-0.2, -0.15) is 0 Å². The standard InChI is InChI=1S/C15H33N5O2.HI/c1-14(2,3)22-13(21)18-10-9-17-12(16-6)19-11-15(4,5)20(7)8;/h9-11H2,1-8H3,(H,18,21)(H2,16,17,19);1H. The molecule has 23 heavy (non-hydrogen) atoms. The number of ether oxygens (including phenoxy) is 1. The molecule has 0 aliphatic rings. The second kappa shape index (κ2) is 10.9. The van der Waals surface area contributed by atoms with Crippen LogP contribution in [0.1, 0.15) is 34.6 Å². The molecule has 0 aromatic heterocycles. The molecule has 0 saturated carbocycles. The highest BCUT2D eigenvalue weighted by molar-refractivity contribution is 14.0. The molecule has 8 heteroatoms. The molecule has 3 N–H and O–H groups in total. The van der Waals surface area contributed by atoms with Gasteiger partial charge in [0.2, 0.25) is 0 Å². The number of amides is 1. The first-order chi connectivity index (χ1) is 9.98. The number of hydrogen-bond donors (Lipinski definition) is 3. The fraction of sp³-hybridized carbons (Fsp3) is 0.867. The van der Waals surface area contributed by atoms with Crippen LogP contribution in [0.15, 0.2) is 4.99 Å². The molecule has 0 bridgehead atoms. The first kappa shape index (κ1) is 24.5. The third kappa shape index (κ3) is 12.3. The number of carbonyl (C=O) groups is 1. The first-order valence-electron chi connectivity index (χ1n) is 7.57. The monoisotopic (exact) mass is 443 g/mol. The average molecular weight is 443 g/mol. The zero-order chi connectivity index (χ0) is 17.4. The van der Waals surface area contributed by atoms with Crippen LogP contribution in [-0.4, -0.2) is 68.9 Å². The minimum absolute atomic E-state index is 0. The van der Waals surface area contributed by atoms with Crippen LogP contribution < -0.4 is 16.0 Å². The number of nitrogens with one attached hydrogen (secondary N) is 3. The first-order valence-corrected chi connectivity index (χ1v) is 7.57. The fourth-order valence-corrected chi connectivity index (χ4v) is 1.34. The number of hydrogen-bond acceptors (Lipinski definition) is 4. The molecule has 0 aliphatic heterocycles. The van der Waals surface area contributed by atoms with Crippen molar-refractivity contribution in [3.63, 3.8) is 0 Å². The topological polar surface area (TPSA) is 78.0 Å². The lowest BCUT2D eigenvalue weighted by Crippen LogP contribution is -2.51. The van der Waals surface area contributed by atoms with Crippen molar-refractivity contribution in [2.75, 3.05) is 40.8 Å². The molecule has 0 unspecified atom stereocenters. The zero-order valence-electron chi connectivity index (χ0n) is 15.7. The van der Waals surface area contributed by atoms with Gasteiger partial charge in [0.05, 0.1) is 0 Å². The van der Waals surface area contributed by atoms with Crippen LogP contribution in [0.5, 0.6) is 0 Å². The van der Waals surface area contributed by atoms with Gasteiger partial charge in [-0.1, -0.05) is 0 Å². The second-order valence-electron chi connectivity index (χ2n) is 6.99. The Labute approximate surface area is 158 Å². The third-order valence-electron chi connectivity index (χ3n) is 3.21. The molecule has 138 valence electrons. The van der Waals surface area contributed by atoms with Crippen molar-refractivity contribution >= 4 is 36.0 Å². The Morgan fingerprint density at radius 3 is 2.00 bits per heavy atom. The number of rotatable bonds is 6. The van der Waals surface area contributed by atoms with Crippen molar-refractivity contribution in [2.45, 2.75) is 45.8 Å². The smallest absolute Gasteiger partial charge is 0.407 e. The Morgan fingerprint density at radius 2 is 1.57 bits per heavy atom. The van der Waals surface area contributed by atoms with E-state index in [2.05, 4.69) is 39.7 Å². The SMILES string of the molecule is CN=C(NCCNC(=O)OC(C)(C)C)NCC(C)(C)N(C)C.I. The molecule has 0 saturated heterocycles. The van der Waals surface area contributed by atoms with E-state index in [9.17, 15) is 4.79 Å². The summed E-state index contributed by atoms with van der Waals surface area (Å²) < 4.78 is 5.16. The highest BCUT2D eigenvalue weighted by Gasteiger charge is 2.20. The Hall–Kier alpha value is -0.770. The molecular formula is C15H34IN5O2. The van der Waals surface area contributed by atoms with E-state index in [1.54, 1.807) is 7.05 Å². The van der Waals surface area contributed by atoms with Crippen molar-refractivity contribution < 1.29 is 9.53 Å². The summed E-state index contributed by atoms with van der Waals surface area (Å²) >= 11 is 0. The molecule has 0 aromatic rings. The summed E-state index contributed by atoms with van der Waals surface area (Å²) in [6, 6.07) is 0. The van der Waals surface area contributed by atoms with Crippen LogP contribution in [0.2, 0.25) is 0 Å². The highest BCUT2D eigenvalue weighted by Crippen LogP contribution is 2.07. The van der Waals surface area contributed by atoms with Crippen LogP contribution in [0.4, 0.5) is 4.79 Å². The van der Waals surface area contributed by atoms with Gasteiger partial charge in [-0.25, -0.2) is 4.79 Å². The molecule has 0 fully saturated rings. The van der Waals surface area contributed by atoms with E-state index in [-0.39, 0.29) is 29.5 Å². The lowest BCUT2D eigenvalue weighted by molar-refractivity contribution is 0.0529. The molecule has 0 aromatic carbocycles. The van der Waals surface area contributed by atoms with Crippen molar-refractivity contribution in [2.24, 2.45) is 4.99 Å². The van der Waals surface area contributed by atoms with E-state index < -0.39 is 11.7 Å². The number of aliphatic imine (C=N–C) groups is 1. The highest BCUT2D eigenvalue weighted by atomic mass is 127. The van der Waals surface area contributed by atoms with Crippen molar-refractivity contribution in [1.29, 1.82) is 0 Å². The van der Waals surface area contributed by atoms with Gasteiger partial charge in [-0.05, 0) is 48.7 Å². The quantitative estimate of drug-likeness (QED) is 0.252. The average Bonchev–Trinajstić information content (AvgIpc) is 2.35. The molecule has 0 aliphatic carbocycles. The van der Waals surface area contributed by atoms with Crippen LogP contribution in [0, 0.1) is 0 Å². The predicted molar refractivity (Wildman–Crippen MR) is 107 cm³/mol. The number of halogens is 1. The summed E-state index contributed by atoms with van der Waals surface area (Å²) in [6.45, 7) is 11.6. The van der Waals surface area contributed by atoms with E-state index >= 15 is 0 Å². The molecular weight excluding hydrogens is 409 g/mol. The van der Waals surface area contributed by atoms with Gasteiger partial charge in [0, 0.05) is 32.2 Å². The summed E-state index contributed by atoms with van der Waals surface area (Å²) in [6.07, 6.45) is -0.411. The Morgan fingerprint density at radius 1 is 1.04 bits per heavy atom. The molecule has 0 spiro atoms. The minimum atomic E-state index is -0.479. The van der Waals surface area contributed by atoms with Crippen LogP contribution in [0.3, 0.4) is 0 Å². The van der Waals surface area contributed by atoms with E-state index in [0.717, 1.165) is 6.54 Å². The van der Waals surface area contributed by atoms with Gasteiger partial charge in [0.25, 0.3) is 0 Å². The van der Waals surface area contributed by atoms with Gasteiger partial charge >= 0.3 is 6.09 Å². The van der Waals surface area contributed by atoms with Gasteiger partial charge in [0.1, 0.15) is 5.60 Å². The minimum Gasteiger partial charge on any atom is -0.444 e. The van der Waals surface area contributed by atoms with E-state index in [1.165, 1.54) is 0 Å². The van der Waals surface area contributed by atoms with Crippen molar-refractivity contribution in [3.05, 3.63) is 0 Å². The van der Waals surface area contributed by atoms with Crippen LogP contribution in [-0.2, 0) is 4.74 Å². The summed E-state index contributed by atoms with van der Waals surface area (Å²) in [5, 5.41) is 9.11. The maximum atomic E-state index is 11.5. The Kier molecular flexibility index (Phi) is 11.6. The van der Waals surface area contributed by atoms with E-state index in [0.29, 0.717) is 19.0 Å². The maximum absolute atomic E-state index is 11.5. The van der Waals surface area contributed by atoms with Gasteiger partial charge in [-0.3, -0.25) is 4.99 Å². The number of alkyl carbamates (subject to hydrolysis) is 1. The Bertz CT molecular complexity index is 379. The maximum Gasteiger partial charge on any atom is 0.407 e. The number of guanidine groups is 1. The molecule has 7 nitrogen and oxygen atoms in total. The third-order valence-corrected chi connectivity index (χ3v) is 3.21. The second-order valence-corrected chi connectivity index (χ2v) is 6.99. The fourth-order valence-electron chi connectivity index (χ4n) is 1.34. The summed E-state index contributed by atoms with van der Waals surface area (Å²) in [5.41, 5.74) is -0.459. The van der Waals surface area contributed by atoms with Gasteiger partial charge in [-0.15, -0.1) is 24.0 Å². The number of carbonyl (C=O) groups excluding carboxylic acids is 1. The zero-order valence-corrected chi connectivity index (χ0v) is 18.1. The van der Waals surface area contributed by atoms with Crippen molar-refractivity contribution in [3.8, 4) is 0 Å². The summed E-state index contributed by atoms with van der Waals surface area (Å²) in [5.74, 6) is 0.709. The van der Waals surface area contributed by atoms with Crippen LogP contribution in [0.25, 0.3) is 0 Å². The lowest BCUT2D eigenvalue weighted by Gasteiger charge is -2.33. The Balaban J connectivity index is 0. The molecule has 0 rings (SSSR count). The molecule has 0 heterocycles. The lowest BCUT2D eigenvalue weighted by atomic mass is 10.0. The van der Waals surface area contributed by atoms with Crippen molar-refractivity contribution in [1.82, 2.24) is 20.9 Å². The van der Waals surface area contributed by atoms with Gasteiger partial charge in [0.15, 0.2) is 5.96 Å². The number of nitrogens with zero attached hydrogens (tertiary/aromatic N) is 2. The van der Waals surface area contributed by atoms with Gasteiger partial charge < -0.3 is 25.6 Å². The molecule has 0 atom stereocenters. The predicted octanol–water partition coefficient (Wildman–Crippen LogP) is 1.63. The van der Waals surface area contributed by atoms with E-state index in [4.69, 9.17) is 4.74 Å². The normalized spacial score (nSPS) is 12.5.